The van der Waals surface area contributed by atoms with Crippen molar-refractivity contribution in [3.63, 3.8) is 0 Å². The van der Waals surface area contributed by atoms with Gasteiger partial charge in [-0.05, 0) is 0 Å². The summed E-state index contributed by atoms with van der Waals surface area (Å²) >= 11 is 0. The molecule has 0 spiro atoms. The van der Waals surface area contributed by atoms with Gasteiger partial charge in [0.25, 0.3) is 0 Å². The zero-order chi connectivity index (χ0) is 15.1. The van der Waals surface area contributed by atoms with Gasteiger partial charge in [-0.25, -0.2) is 0 Å². The number of rotatable bonds is 2. The Morgan fingerprint density at radius 3 is 1.86 bits per heavy atom. The van der Waals surface area contributed by atoms with E-state index < -0.39 is 8.43 Å². The molecule has 0 fully saturated rings. The van der Waals surface area contributed by atoms with Crippen molar-refractivity contribution in [2.75, 3.05) is 0 Å². The fourth-order valence-electron chi connectivity index (χ4n) is 3.75. The number of nitrogens with one attached hydrogen (secondary N) is 1. The molecule has 0 saturated carbocycles. The Balaban J connectivity index is 0.00000200. The molecule has 1 heterocycles. The summed E-state index contributed by atoms with van der Waals surface area (Å²) in [7, 11) is -5.63. The van der Waals surface area contributed by atoms with Crippen LogP contribution in [-0.2, 0) is 8.43 Å². The van der Waals surface area contributed by atoms with Crippen molar-refractivity contribution in [2.45, 2.75) is 43.0 Å². The maximum absolute atomic E-state index is 5.63. The molecule has 21 heavy (non-hydrogen) atoms. The van der Waals surface area contributed by atoms with Crippen LogP contribution in [0, 0.1) is 0 Å². The average Bonchev–Trinajstić information content (AvgIpc) is 2.74. The van der Waals surface area contributed by atoms with Gasteiger partial charge in [0, 0.05) is 0 Å². The summed E-state index contributed by atoms with van der Waals surface area (Å²) in [5, 5.41) is 16.9. The molecule has 2 rings (SSSR count). The second kappa shape index (κ2) is 2.06. The molecule has 0 atom stereocenters. The third-order valence-corrected chi connectivity index (χ3v) is 22.4. The number of aromatic amines is 1. The van der Waals surface area contributed by atoms with E-state index in [9.17, 15) is 0 Å². The fraction of sp³-hybridized carbons (Fsp3) is 0.471. The Morgan fingerprint density at radius 2 is 1.52 bits per heavy atom. The van der Waals surface area contributed by atoms with Gasteiger partial charge in [0.2, 0.25) is 0 Å². The SMILES string of the molecule is Cl.Cl.[CH2]=[Ti]([CH3])([CH3])([CH3])([CH3])([CH3])([CH3])([CH3])([C]1=CC=CC1)[c]1ccc[nH]1. The molecular formula is C17H34Cl2NTi. The van der Waals surface area contributed by atoms with Crippen molar-refractivity contribution in [1.82, 2.24) is 4.98 Å². The van der Waals surface area contributed by atoms with Gasteiger partial charge in [-0.15, -0.1) is 24.8 Å². The van der Waals surface area contributed by atoms with Crippen LogP contribution in [0.15, 0.2) is 40.4 Å². The zero-order valence-electron chi connectivity index (χ0n) is 14.7. The van der Waals surface area contributed by atoms with Gasteiger partial charge in [0.05, 0.1) is 0 Å². The predicted molar refractivity (Wildman–Crippen MR) is 105 cm³/mol. The molecule has 0 bridgehead atoms. The first kappa shape index (κ1) is 20.9. The molecule has 4 heteroatoms. The quantitative estimate of drug-likeness (QED) is 0.574. The molecule has 0 amide bonds. The third-order valence-electron chi connectivity index (χ3n) is 6.22. The molecule has 125 valence electrons. The van der Waals surface area contributed by atoms with Crippen LogP contribution in [0.5, 0.6) is 0 Å². The number of aromatic nitrogens is 1. The van der Waals surface area contributed by atoms with Gasteiger partial charge in [-0.2, -0.15) is 0 Å². The van der Waals surface area contributed by atoms with Crippen LogP contribution in [-0.4, -0.2) is 9.80 Å². The van der Waals surface area contributed by atoms with E-state index in [1.165, 1.54) is 7.88 Å². The molecular weight excluding hydrogens is 337 g/mol. The van der Waals surface area contributed by atoms with Crippen molar-refractivity contribution in [3.8, 4) is 0 Å². The Labute approximate surface area is 130 Å². The second-order valence-corrected chi connectivity index (χ2v) is 74.2. The average molecular weight is 371 g/mol. The van der Waals surface area contributed by atoms with Gasteiger partial charge < -0.3 is 0 Å². The molecule has 0 unspecified atom stereocenters. The van der Waals surface area contributed by atoms with Gasteiger partial charge in [-0.1, -0.05) is 0 Å². The molecule has 0 saturated heterocycles. The van der Waals surface area contributed by atoms with Crippen LogP contribution in [0.4, 0.5) is 0 Å². The summed E-state index contributed by atoms with van der Waals surface area (Å²) in [6.45, 7) is 0. The van der Waals surface area contributed by atoms with E-state index in [0.29, 0.717) is 0 Å². The van der Waals surface area contributed by atoms with Crippen molar-refractivity contribution >= 4 is 33.6 Å². The standard InChI is InChI=1S/C5H5.C4H4N.7CH3.CH2.2ClH.Ti/c2*1-2-4-5-3-1;;;;;;;;;;;/h1-3H,4H2;1-3,5H;7*1H3;1H2;2*1H;. The first-order valence-corrected chi connectivity index (χ1v) is 21.2. The van der Waals surface area contributed by atoms with Crippen molar-refractivity contribution in [3.05, 3.63) is 40.4 Å². The van der Waals surface area contributed by atoms with Gasteiger partial charge >= 0.3 is 106 Å². The van der Waals surface area contributed by atoms with Crippen LogP contribution in [0.25, 0.3) is 0 Å². The Kier molecular flexibility index (Phi) is 2.05. The van der Waals surface area contributed by atoms with Gasteiger partial charge in [0.1, 0.15) is 0 Å². The van der Waals surface area contributed by atoms with Crippen molar-refractivity contribution in [1.29, 1.82) is 0 Å². The number of allylic oxidation sites excluding steroid dienone is 4. The van der Waals surface area contributed by atoms with Crippen LogP contribution in [0.3, 0.4) is 0 Å². The summed E-state index contributed by atoms with van der Waals surface area (Å²) in [5.41, 5.74) is 0. The molecule has 0 aliphatic heterocycles. The predicted octanol–water partition coefficient (Wildman–Crippen LogP) is 6.46. The van der Waals surface area contributed by atoms with E-state index in [-0.39, 0.29) is 24.8 Å². The fourth-order valence-corrected chi connectivity index (χ4v) is 13.6. The Hall–Kier alpha value is -0.0757. The first-order chi connectivity index (χ1) is 7.53. The number of H-pyrrole nitrogens is 1. The summed E-state index contributed by atoms with van der Waals surface area (Å²) < 4.78 is 2.63. The van der Waals surface area contributed by atoms with Crippen LogP contribution in [0.1, 0.15) is 6.42 Å². The minimum absolute atomic E-state index is 0. The van der Waals surface area contributed by atoms with E-state index in [4.69, 9.17) is 4.82 Å². The molecule has 1 aromatic rings. The molecule has 0 aromatic carbocycles. The number of hydrogen-bond donors (Lipinski definition) is 1. The summed E-state index contributed by atoms with van der Waals surface area (Å²) in [6.07, 6.45) is 9.64. The molecule has 1 N–H and O–H groups in total. The van der Waals surface area contributed by atoms with Gasteiger partial charge in [-0.3, -0.25) is 0 Å². The Morgan fingerprint density at radius 1 is 1.00 bits per heavy atom. The minimum atomic E-state index is -5.63. The van der Waals surface area contributed by atoms with Crippen LogP contribution >= 0.6 is 24.8 Å². The van der Waals surface area contributed by atoms with Crippen LogP contribution < -0.4 is 4.00 Å². The molecule has 1 aromatic heterocycles. The van der Waals surface area contributed by atoms with Gasteiger partial charge in [0.15, 0.2) is 0 Å². The van der Waals surface area contributed by atoms with E-state index in [0.717, 1.165) is 6.42 Å². The zero-order valence-corrected chi connectivity index (χ0v) is 17.9. The van der Waals surface area contributed by atoms with Crippen LogP contribution in [0.2, 0.25) is 36.6 Å². The third kappa shape index (κ3) is 2.57. The van der Waals surface area contributed by atoms with E-state index in [2.05, 4.69) is 71.9 Å². The molecule has 1 aliphatic rings. The Bertz CT molecular complexity index is 888. The topological polar surface area (TPSA) is 15.8 Å². The molecule has 1 nitrogen and oxygen atoms in total. The monoisotopic (exact) mass is 370 g/mol. The number of halogens is 2. The number of hydrogen-bond acceptors (Lipinski definition) is 0. The van der Waals surface area contributed by atoms with Crippen molar-refractivity contribution < 1.29 is 8.43 Å². The normalized spacial score (nSPS) is 27.7. The second-order valence-electron chi connectivity index (χ2n) is 19.4. The van der Waals surface area contributed by atoms with E-state index >= 15 is 0 Å². The maximum atomic E-state index is 5.18. The summed E-state index contributed by atoms with van der Waals surface area (Å²) in [6, 6.07) is 4.29. The van der Waals surface area contributed by atoms with E-state index in [1.54, 1.807) is 0 Å². The van der Waals surface area contributed by atoms with E-state index in [1.807, 2.05) is 6.20 Å². The molecule has 1 aliphatic carbocycles. The summed E-state index contributed by atoms with van der Waals surface area (Å²) in [5.74, 6) is 0. The summed E-state index contributed by atoms with van der Waals surface area (Å²) in [4.78, 5) is 8.71. The molecule has 0 radical (unpaired) electrons. The van der Waals surface area contributed by atoms with Crippen molar-refractivity contribution in [2.24, 2.45) is 0 Å². The first-order valence-electron chi connectivity index (χ1n) is 7.56.